The second kappa shape index (κ2) is 6.51. The van der Waals surface area contributed by atoms with Gasteiger partial charge in [0.25, 0.3) is 11.6 Å². The van der Waals surface area contributed by atoms with E-state index >= 15 is 0 Å². The first-order valence-corrected chi connectivity index (χ1v) is 6.29. The Labute approximate surface area is 121 Å². The maximum Gasteiger partial charge on any atom is 0.269 e. The molecule has 1 N–H and O–H groups in total. The van der Waals surface area contributed by atoms with Crippen molar-refractivity contribution in [2.24, 2.45) is 0 Å². The van der Waals surface area contributed by atoms with Gasteiger partial charge in [0.05, 0.1) is 4.92 Å². The van der Waals surface area contributed by atoms with Gasteiger partial charge in [0.1, 0.15) is 5.75 Å². The molecular weight excluding hydrogens is 272 g/mol. The summed E-state index contributed by atoms with van der Waals surface area (Å²) in [7, 11) is 0. The summed E-state index contributed by atoms with van der Waals surface area (Å²) in [5.74, 6) is 0.114. The molecule has 0 aliphatic rings. The minimum absolute atomic E-state index is 0.0216. The lowest BCUT2D eigenvalue weighted by Gasteiger charge is -2.09. The second-order valence-corrected chi connectivity index (χ2v) is 4.40. The quantitative estimate of drug-likeness (QED) is 0.676. The smallest absolute Gasteiger partial charge is 0.269 e. The highest BCUT2D eigenvalue weighted by atomic mass is 16.6. The van der Waals surface area contributed by atoms with Crippen LogP contribution >= 0.6 is 0 Å². The van der Waals surface area contributed by atoms with Crippen molar-refractivity contribution in [2.75, 3.05) is 11.9 Å². The number of nitrogens with one attached hydrogen (secondary N) is 1. The van der Waals surface area contributed by atoms with Gasteiger partial charge >= 0.3 is 0 Å². The van der Waals surface area contributed by atoms with Crippen LogP contribution in [-0.2, 0) is 4.79 Å². The van der Waals surface area contributed by atoms with E-state index in [9.17, 15) is 14.9 Å². The first kappa shape index (κ1) is 14.5. The maximum atomic E-state index is 11.8. The molecule has 0 aromatic heterocycles. The van der Waals surface area contributed by atoms with Crippen LogP contribution in [0.25, 0.3) is 0 Å². The van der Waals surface area contributed by atoms with Crippen molar-refractivity contribution in [1.82, 2.24) is 0 Å². The van der Waals surface area contributed by atoms with Gasteiger partial charge < -0.3 is 10.1 Å². The van der Waals surface area contributed by atoms with Gasteiger partial charge in [-0.1, -0.05) is 18.2 Å². The number of para-hydroxylation sites is 1. The molecule has 2 aromatic rings. The zero-order valence-electron chi connectivity index (χ0n) is 11.4. The highest BCUT2D eigenvalue weighted by molar-refractivity contribution is 5.92. The lowest BCUT2D eigenvalue weighted by molar-refractivity contribution is -0.384. The van der Waals surface area contributed by atoms with E-state index in [0.29, 0.717) is 5.75 Å². The zero-order chi connectivity index (χ0) is 15.2. The van der Waals surface area contributed by atoms with E-state index in [2.05, 4.69) is 5.32 Å². The van der Waals surface area contributed by atoms with Gasteiger partial charge in [-0.05, 0) is 30.7 Å². The summed E-state index contributed by atoms with van der Waals surface area (Å²) in [5.41, 5.74) is 1.67. The predicted molar refractivity (Wildman–Crippen MR) is 78.4 cm³/mol. The molecule has 0 bridgehead atoms. The molecule has 2 aromatic carbocycles. The summed E-state index contributed by atoms with van der Waals surface area (Å²) in [6, 6.07) is 13.0. The average molecular weight is 286 g/mol. The number of nitro groups is 1. The number of ether oxygens (including phenoxy) is 1. The number of rotatable bonds is 5. The molecular formula is C15H14N2O4. The van der Waals surface area contributed by atoms with E-state index in [1.807, 2.05) is 25.1 Å². The van der Waals surface area contributed by atoms with Crippen LogP contribution in [0.4, 0.5) is 11.4 Å². The first-order valence-electron chi connectivity index (χ1n) is 6.29. The van der Waals surface area contributed by atoms with Gasteiger partial charge in [0.2, 0.25) is 0 Å². The van der Waals surface area contributed by atoms with Crippen molar-refractivity contribution in [3.8, 4) is 5.75 Å². The van der Waals surface area contributed by atoms with Crippen LogP contribution in [0.3, 0.4) is 0 Å². The number of carbonyl (C=O) groups is 1. The Morgan fingerprint density at radius 1 is 1.19 bits per heavy atom. The Balaban J connectivity index is 1.89. The van der Waals surface area contributed by atoms with E-state index in [1.165, 1.54) is 24.3 Å². The van der Waals surface area contributed by atoms with Crippen LogP contribution in [-0.4, -0.2) is 17.4 Å². The Kier molecular flexibility index (Phi) is 4.50. The molecule has 6 heteroatoms. The van der Waals surface area contributed by atoms with E-state index in [4.69, 9.17) is 4.74 Å². The van der Waals surface area contributed by atoms with Gasteiger partial charge in [0.15, 0.2) is 6.61 Å². The van der Waals surface area contributed by atoms with Gasteiger partial charge in [-0.2, -0.15) is 0 Å². The molecule has 0 saturated heterocycles. The van der Waals surface area contributed by atoms with Gasteiger partial charge in [0, 0.05) is 17.8 Å². The molecule has 0 aliphatic carbocycles. The fraction of sp³-hybridized carbons (Fsp3) is 0.133. The number of amides is 1. The zero-order valence-corrected chi connectivity index (χ0v) is 11.4. The topological polar surface area (TPSA) is 81.5 Å². The molecule has 0 spiro atoms. The van der Waals surface area contributed by atoms with Crippen molar-refractivity contribution in [1.29, 1.82) is 0 Å². The molecule has 0 atom stereocenters. The fourth-order valence-corrected chi connectivity index (χ4v) is 1.71. The molecule has 6 nitrogen and oxygen atoms in total. The van der Waals surface area contributed by atoms with Gasteiger partial charge in [-0.15, -0.1) is 0 Å². The number of nitro benzene ring substituents is 1. The Morgan fingerprint density at radius 2 is 1.86 bits per heavy atom. The number of benzene rings is 2. The van der Waals surface area contributed by atoms with Crippen molar-refractivity contribution < 1.29 is 14.5 Å². The number of hydrogen-bond acceptors (Lipinski definition) is 4. The van der Waals surface area contributed by atoms with Gasteiger partial charge in [-0.3, -0.25) is 14.9 Å². The van der Waals surface area contributed by atoms with Crippen LogP contribution in [0, 0.1) is 17.0 Å². The summed E-state index contributed by atoms with van der Waals surface area (Å²) in [5, 5.41) is 13.3. The molecule has 0 unspecified atom stereocenters. The van der Waals surface area contributed by atoms with E-state index in [0.717, 1.165) is 11.3 Å². The highest BCUT2D eigenvalue weighted by Crippen LogP contribution is 2.17. The van der Waals surface area contributed by atoms with Crippen molar-refractivity contribution in [3.63, 3.8) is 0 Å². The molecule has 0 saturated carbocycles. The Hall–Kier alpha value is -2.89. The minimum Gasteiger partial charge on any atom is -0.484 e. The summed E-state index contributed by atoms with van der Waals surface area (Å²) < 4.78 is 5.28. The molecule has 21 heavy (non-hydrogen) atoms. The van der Waals surface area contributed by atoms with Crippen LogP contribution in [0.15, 0.2) is 48.5 Å². The van der Waals surface area contributed by atoms with Crippen LogP contribution < -0.4 is 10.1 Å². The van der Waals surface area contributed by atoms with E-state index < -0.39 is 4.92 Å². The SMILES string of the molecule is Cc1ccccc1NC(=O)COc1ccc([N+](=O)[O-])cc1. The van der Waals surface area contributed by atoms with Gasteiger partial charge in [-0.25, -0.2) is 0 Å². The van der Waals surface area contributed by atoms with E-state index in [1.54, 1.807) is 6.07 Å². The third-order valence-corrected chi connectivity index (χ3v) is 2.84. The molecule has 2 rings (SSSR count). The lowest BCUT2D eigenvalue weighted by atomic mass is 10.2. The number of aryl methyl sites for hydroxylation is 1. The van der Waals surface area contributed by atoms with Crippen molar-refractivity contribution >= 4 is 17.3 Å². The van der Waals surface area contributed by atoms with Crippen LogP contribution in [0.2, 0.25) is 0 Å². The summed E-state index contributed by atoms with van der Waals surface area (Å²) in [6.45, 7) is 1.74. The standard InChI is InChI=1S/C15H14N2O4/c1-11-4-2-3-5-14(11)16-15(18)10-21-13-8-6-12(7-9-13)17(19)20/h2-9H,10H2,1H3,(H,16,18). The number of hydrogen-bond donors (Lipinski definition) is 1. The monoisotopic (exact) mass is 286 g/mol. The third-order valence-electron chi connectivity index (χ3n) is 2.84. The molecule has 0 fully saturated rings. The second-order valence-electron chi connectivity index (χ2n) is 4.40. The Morgan fingerprint density at radius 3 is 2.48 bits per heavy atom. The molecule has 0 heterocycles. The molecule has 0 aliphatic heterocycles. The minimum atomic E-state index is -0.491. The summed E-state index contributed by atoms with van der Waals surface area (Å²) in [4.78, 5) is 21.8. The number of anilines is 1. The number of nitrogens with zero attached hydrogens (tertiary/aromatic N) is 1. The number of carbonyl (C=O) groups excluding carboxylic acids is 1. The lowest BCUT2D eigenvalue weighted by Crippen LogP contribution is -2.20. The normalized spacial score (nSPS) is 9.95. The van der Waals surface area contributed by atoms with Crippen molar-refractivity contribution in [3.05, 3.63) is 64.2 Å². The predicted octanol–water partition coefficient (Wildman–Crippen LogP) is 2.92. The Bertz CT molecular complexity index is 653. The van der Waals surface area contributed by atoms with Crippen LogP contribution in [0.5, 0.6) is 5.75 Å². The first-order chi connectivity index (χ1) is 10.1. The molecule has 1 amide bonds. The fourth-order valence-electron chi connectivity index (χ4n) is 1.71. The van der Waals surface area contributed by atoms with E-state index in [-0.39, 0.29) is 18.2 Å². The average Bonchev–Trinajstić information content (AvgIpc) is 2.48. The number of non-ortho nitro benzene ring substituents is 1. The highest BCUT2D eigenvalue weighted by Gasteiger charge is 2.07. The maximum absolute atomic E-state index is 11.8. The third kappa shape index (κ3) is 4.04. The molecule has 108 valence electrons. The van der Waals surface area contributed by atoms with Crippen molar-refractivity contribution in [2.45, 2.75) is 6.92 Å². The summed E-state index contributed by atoms with van der Waals surface area (Å²) >= 11 is 0. The molecule has 0 radical (unpaired) electrons. The largest absolute Gasteiger partial charge is 0.484 e. The summed E-state index contributed by atoms with van der Waals surface area (Å²) in [6.07, 6.45) is 0. The van der Waals surface area contributed by atoms with Crippen LogP contribution in [0.1, 0.15) is 5.56 Å².